The molecule has 6 heteroatoms. The van der Waals surface area contributed by atoms with Gasteiger partial charge in [0, 0.05) is 25.1 Å². The molecule has 0 aromatic carbocycles. The van der Waals surface area contributed by atoms with Crippen molar-refractivity contribution in [3.63, 3.8) is 0 Å². The number of rotatable bonds is 4. The zero-order valence-electron chi connectivity index (χ0n) is 7.95. The fourth-order valence-corrected chi connectivity index (χ4v) is 1.24. The fraction of sp³-hybridized carbons (Fsp3) is 0.222. The van der Waals surface area contributed by atoms with Crippen molar-refractivity contribution >= 4 is 5.97 Å². The number of carbonyl (C=O) groups is 1. The summed E-state index contributed by atoms with van der Waals surface area (Å²) in [4.78, 5) is 14.5. The molecule has 2 aromatic heterocycles. The molecule has 0 aliphatic carbocycles. The maximum atomic E-state index is 10.6. The van der Waals surface area contributed by atoms with E-state index >= 15 is 0 Å². The number of nitrogens with zero attached hydrogens (tertiary/aromatic N) is 4. The van der Waals surface area contributed by atoms with E-state index in [-0.39, 0.29) is 5.69 Å². The van der Waals surface area contributed by atoms with Crippen LogP contribution in [0.5, 0.6) is 0 Å². The first-order chi connectivity index (χ1) is 7.25. The van der Waals surface area contributed by atoms with Crippen molar-refractivity contribution in [2.45, 2.75) is 13.1 Å². The van der Waals surface area contributed by atoms with Crippen molar-refractivity contribution in [3.8, 4) is 0 Å². The van der Waals surface area contributed by atoms with Crippen molar-refractivity contribution in [2.24, 2.45) is 0 Å². The smallest absolute Gasteiger partial charge is 0.356 e. The molecule has 0 saturated carbocycles. The molecule has 0 atom stereocenters. The van der Waals surface area contributed by atoms with Gasteiger partial charge in [0.25, 0.3) is 0 Å². The lowest BCUT2D eigenvalue weighted by molar-refractivity contribution is 0.0689. The summed E-state index contributed by atoms with van der Waals surface area (Å²) in [5, 5.41) is 12.6. The summed E-state index contributed by atoms with van der Waals surface area (Å²) in [5.74, 6) is -1.00. The lowest BCUT2D eigenvalue weighted by Gasteiger charge is -2.01. The highest BCUT2D eigenvalue weighted by Crippen LogP contribution is 1.96. The van der Waals surface area contributed by atoms with Crippen LogP contribution >= 0.6 is 0 Å². The average molecular weight is 206 g/mol. The highest BCUT2D eigenvalue weighted by atomic mass is 16.4. The van der Waals surface area contributed by atoms with Crippen LogP contribution in [0.1, 0.15) is 10.5 Å². The van der Waals surface area contributed by atoms with Crippen LogP contribution in [-0.4, -0.2) is 30.4 Å². The summed E-state index contributed by atoms with van der Waals surface area (Å²) in [7, 11) is 0. The molecule has 0 aliphatic heterocycles. The number of carboxylic acid groups (broad SMARTS) is 1. The first kappa shape index (κ1) is 9.45. The number of imidazole rings is 1. The minimum Gasteiger partial charge on any atom is -0.476 e. The topological polar surface area (TPSA) is 72.9 Å². The van der Waals surface area contributed by atoms with Gasteiger partial charge in [-0.2, -0.15) is 5.10 Å². The second-order valence-electron chi connectivity index (χ2n) is 3.07. The van der Waals surface area contributed by atoms with Gasteiger partial charge in [-0.15, -0.1) is 0 Å². The Morgan fingerprint density at radius 3 is 2.87 bits per heavy atom. The minimum atomic E-state index is -1.00. The second-order valence-corrected chi connectivity index (χ2v) is 3.07. The van der Waals surface area contributed by atoms with E-state index < -0.39 is 5.97 Å². The first-order valence-electron chi connectivity index (χ1n) is 4.48. The van der Waals surface area contributed by atoms with Gasteiger partial charge in [-0.3, -0.25) is 4.68 Å². The van der Waals surface area contributed by atoms with E-state index in [1.807, 2.05) is 10.8 Å². The van der Waals surface area contributed by atoms with Gasteiger partial charge in [-0.25, -0.2) is 9.78 Å². The van der Waals surface area contributed by atoms with Crippen LogP contribution in [0, 0.1) is 0 Å². The molecule has 6 nitrogen and oxygen atoms in total. The van der Waals surface area contributed by atoms with E-state index in [4.69, 9.17) is 5.11 Å². The Balaban J connectivity index is 1.96. The number of aryl methyl sites for hydroxylation is 2. The molecule has 0 radical (unpaired) electrons. The predicted molar refractivity (Wildman–Crippen MR) is 51.4 cm³/mol. The SMILES string of the molecule is O=C(O)c1ccn(CCn2ccnc2)n1. The molecular weight excluding hydrogens is 196 g/mol. The molecule has 0 amide bonds. The van der Waals surface area contributed by atoms with Crippen LogP contribution < -0.4 is 0 Å². The van der Waals surface area contributed by atoms with Gasteiger partial charge in [-0.1, -0.05) is 0 Å². The maximum Gasteiger partial charge on any atom is 0.356 e. The van der Waals surface area contributed by atoms with Gasteiger partial charge in [0.05, 0.1) is 12.9 Å². The summed E-state index contributed by atoms with van der Waals surface area (Å²) in [6.07, 6.45) is 6.91. The van der Waals surface area contributed by atoms with Crippen LogP contribution in [0.4, 0.5) is 0 Å². The van der Waals surface area contributed by atoms with Crippen molar-refractivity contribution in [1.82, 2.24) is 19.3 Å². The summed E-state index contributed by atoms with van der Waals surface area (Å²) in [6.45, 7) is 1.35. The lowest BCUT2D eigenvalue weighted by Crippen LogP contribution is -2.07. The summed E-state index contributed by atoms with van der Waals surface area (Å²) >= 11 is 0. The number of aromatic nitrogens is 4. The van der Waals surface area contributed by atoms with Gasteiger partial charge in [-0.05, 0) is 6.07 Å². The molecular formula is C9H10N4O2. The highest BCUT2D eigenvalue weighted by Gasteiger charge is 2.05. The number of hydrogen-bond donors (Lipinski definition) is 1. The van der Waals surface area contributed by atoms with Crippen molar-refractivity contribution < 1.29 is 9.90 Å². The Bertz CT molecular complexity index is 446. The zero-order chi connectivity index (χ0) is 10.7. The first-order valence-corrected chi connectivity index (χ1v) is 4.48. The van der Waals surface area contributed by atoms with E-state index in [2.05, 4.69) is 10.1 Å². The zero-order valence-corrected chi connectivity index (χ0v) is 7.95. The van der Waals surface area contributed by atoms with Gasteiger partial charge in [0.1, 0.15) is 0 Å². The van der Waals surface area contributed by atoms with Gasteiger partial charge >= 0.3 is 5.97 Å². The van der Waals surface area contributed by atoms with Crippen LogP contribution in [-0.2, 0) is 13.1 Å². The largest absolute Gasteiger partial charge is 0.476 e. The normalized spacial score (nSPS) is 10.4. The van der Waals surface area contributed by atoms with E-state index in [1.165, 1.54) is 6.07 Å². The summed E-state index contributed by atoms with van der Waals surface area (Å²) in [6, 6.07) is 1.48. The molecule has 2 rings (SSSR count). The molecule has 2 aromatic rings. The van der Waals surface area contributed by atoms with Crippen molar-refractivity contribution in [2.75, 3.05) is 0 Å². The second kappa shape index (κ2) is 3.95. The molecule has 0 unspecified atom stereocenters. The molecule has 0 bridgehead atoms. The van der Waals surface area contributed by atoms with Crippen LogP contribution in [0.25, 0.3) is 0 Å². The monoisotopic (exact) mass is 206 g/mol. The Morgan fingerprint density at radius 2 is 2.27 bits per heavy atom. The average Bonchev–Trinajstić information content (AvgIpc) is 2.86. The Hall–Kier alpha value is -2.11. The molecule has 0 aliphatic rings. The molecule has 15 heavy (non-hydrogen) atoms. The molecule has 0 fully saturated rings. The predicted octanol–water partition coefficient (Wildman–Crippen LogP) is 0.478. The number of hydrogen-bond acceptors (Lipinski definition) is 3. The molecule has 78 valence electrons. The van der Waals surface area contributed by atoms with E-state index in [1.54, 1.807) is 23.4 Å². The summed E-state index contributed by atoms with van der Waals surface area (Å²) in [5.41, 5.74) is 0.0700. The molecule has 1 N–H and O–H groups in total. The highest BCUT2D eigenvalue weighted by molar-refractivity contribution is 5.84. The number of aromatic carboxylic acids is 1. The van der Waals surface area contributed by atoms with Gasteiger partial charge < -0.3 is 9.67 Å². The Labute approximate surface area is 85.8 Å². The molecule has 0 saturated heterocycles. The van der Waals surface area contributed by atoms with Gasteiger partial charge in [0.2, 0.25) is 0 Å². The van der Waals surface area contributed by atoms with Gasteiger partial charge in [0.15, 0.2) is 5.69 Å². The Morgan fingerprint density at radius 1 is 1.40 bits per heavy atom. The van der Waals surface area contributed by atoms with E-state index in [0.717, 1.165) is 6.54 Å². The quantitative estimate of drug-likeness (QED) is 0.789. The number of carboxylic acids is 1. The third-order valence-electron chi connectivity index (χ3n) is 2.01. The standard InChI is InChI=1S/C9H10N4O2/c14-9(15)8-1-3-13(11-8)6-5-12-4-2-10-7-12/h1-4,7H,5-6H2,(H,14,15). The van der Waals surface area contributed by atoms with Crippen molar-refractivity contribution in [1.29, 1.82) is 0 Å². The van der Waals surface area contributed by atoms with E-state index in [9.17, 15) is 4.79 Å². The maximum absolute atomic E-state index is 10.6. The molecule has 2 heterocycles. The molecule has 0 spiro atoms. The minimum absolute atomic E-state index is 0.0700. The Kier molecular flexibility index (Phi) is 2.49. The van der Waals surface area contributed by atoms with Crippen LogP contribution in [0.15, 0.2) is 31.0 Å². The summed E-state index contributed by atoms with van der Waals surface area (Å²) < 4.78 is 3.51. The van der Waals surface area contributed by atoms with E-state index in [0.29, 0.717) is 6.54 Å². The third kappa shape index (κ3) is 2.22. The fourth-order valence-electron chi connectivity index (χ4n) is 1.24. The lowest BCUT2D eigenvalue weighted by atomic mass is 10.5. The van der Waals surface area contributed by atoms with Crippen molar-refractivity contribution in [3.05, 3.63) is 36.7 Å². The van der Waals surface area contributed by atoms with Crippen LogP contribution in [0.2, 0.25) is 0 Å². The van der Waals surface area contributed by atoms with Crippen LogP contribution in [0.3, 0.4) is 0 Å². The third-order valence-corrected chi connectivity index (χ3v) is 2.01.